The van der Waals surface area contributed by atoms with E-state index < -0.39 is 0 Å². The molecule has 3 heteroatoms. The van der Waals surface area contributed by atoms with Gasteiger partial charge in [0.2, 0.25) is 0 Å². The molecule has 0 spiro atoms. The molecule has 1 fully saturated rings. The van der Waals surface area contributed by atoms with Crippen molar-refractivity contribution in [2.45, 2.75) is 19.4 Å². The Morgan fingerprint density at radius 2 is 2.12 bits per heavy atom. The van der Waals surface area contributed by atoms with E-state index in [0.29, 0.717) is 5.92 Å². The summed E-state index contributed by atoms with van der Waals surface area (Å²) in [5.74, 6) is 1.48. The van der Waals surface area contributed by atoms with E-state index in [-0.39, 0.29) is 6.10 Å². The maximum atomic E-state index is 5.84. The fourth-order valence-electron chi connectivity index (χ4n) is 2.33. The third-order valence-corrected chi connectivity index (χ3v) is 3.32. The number of methoxy groups -OCH3 is 1. The summed E-state index contributed by atoms with van der Waals surface area (Å²) in [5, 5.41) is 3.41. The van der Waals surface area contributed by atoms with Crippen LogP contribution in [0.4, 0.5) is 0 Å². The lowest BCUT2D eigenvalue weighted by Crippen LogP contribution is -2.24. The maximum Gasteiger partial charge on any atom is 0.118 e. The van der Waals surface area contributed by atoms with Crippen molar-refractivity contribution in [1.82, 2.24) is 5.32 Å². The molecule has 1 heterocycles. The Labute approximate surface area is 103 Å². The zero-order valence-corrected chi connectivity index (χ0v) is 10.6. The molecule has 2 rings (SSSR count). The van der Waals surface area contributed by atoms with Crippen LogP contribution in [-0.2, 0) is 4.74 Å². The van der Waals surface area contributed by atoms with Crippen LogP contribution in [0.15, 0.2) is 24.3 Å². The van der Waals surface area contributed by atoms with E-state index in [4.69, 9.17) is 9.47 Å². The monoisotopic (exact) mass is 235 g/mol. The minimum atomic E-state index is 0.236. The molecule has 1 aliphatic heterocycles. The van der Waals surface area contributed by atoms with Gasteiger partial charge in [-0.15, -0.1) is 0 Å². The molecule has 2 atom stereocenters. The summed E-state index contributed by atoms with van der Waals surface area (Å²) in [6.07, 6.45) is 1.38. The topological polar surface area (TPSA) is 30.5 Å². The van der Waals surface area contributed by atoms with Gasteiger partial charge < -0.3 is 14.8 Å². The fraction of sp³-hybridized carbons (Fsp3) is 0.571. The first-order valence-corrected chi connectivity index (χ1v) is 6.31. The molecule has 94 valence electrons. The molecule has 0 aliphatic carbocycles. The van der Waals surface area contributed by atoms with Gasteiger partial charge in [0.05, 0.1) is 13.2 Å². The quantitative estimate of drug-likeness (QED) is 0.850. The van der Waals surface area contributed by atoms with Crippen LogP contribution in [0.5, 0.6) is 5.75 Å². The second-order valence-electron chi connectivity index (χ2n) is 4.42. The zero-order valence-electron chi connectivity index (χ0n) is 10.6. The summed E-state index contributed by atoms with van der Waals surface area (Å²) in [5.41, 5.74) is 1.26. The zero-order chi connectivity index (χ0) is 12.1. The van der Waals surface area contributed by atoms with Crippen LogP contribution < -0.4 is 10.1 Å². The smallest absolute Gasteiger partial charge is 0.118 e. The molecular formula is C14H21NO2. The average molecular weight is 235 g/mol. The highest BCUT2D eigenvalue weighted by Crippen LogP contribution is 2.34. The lowest BCUT2D eigenvalue weighted by atomic mass is 9.95. The summed E-state index contributed by atoms with van der Waals surface area (Å²) in [6, 6.07) is 8.21. The first-order valence-electron chi connectivity index (χ1n) is 6.31. The van der Waals surface area contributed by atoms with E-state index in [1.54, 1.807) is 7.11 Å². The highest BCUT2D eigenvalue weighted by molar-refractivity contribution is 5.29. The van der Waals surface area contributed by atoms with Crippen LogP contribution in [0.1, 0.15) is 25.0 Å². The van der Waals surface area contributed by atoms with Gasteiger partial charge in [-0.1, -0.05) is 19.1 Å². The lowest BCUT2D eigenvalue weighted by Gasteiger charge is -2.19. The minimum Gasteiger partial charge on any atom is -0.497 e. The first kappa shape index (κ1) is 12.4. The van der Waals surface area contributed by atoms with Crippen molar-refractivity contribution in [2.75, 3.05) is 26.8 Å². The Kier molecular flexibility index (Phi) is 4.40. The summed E-state index contributed by atoms with van der Waals surface area (Å²) in [7, 11) is 1.69. The molecule has 17 heavy (non-hydrogen) atoms. The van der Waals surface area contributed by atoms with Crippen molar-refractivity contribution in [2.24, 2.45) is 5.92 Å². The van der Waals surface area contributed by atoms with Crippen molar-refractivity contribution in [1.29, 1.82) is 0 Å². The SMILES string of the molecule is CCNCC1CCOC1c1ccc(OC)cc1. The van der Waals surface area contributed by atoms with Gasteiger partial charge in [-0.2, -0.15) is 0 Å². The van der Waals surface area contributed by atoms with Gasteiger partial charge >= 0.3 is 0 Å². The Balaban J connectivity index is 2.03. The van der Waals surface area contributed by atoms with Crippen LogP contribution in [0.25, 0.3) is 0 Å². The minimum absolute atomic E-state index is 0.236. The number of hydrogen-bond donors (Lipinski definition) is 1. The Morgan fingerprint density at radius 3 is 2.76 bits per heavy atom. The highest BCUT2D eigenvalue weighted by atomic mass is 16.5. The lowest BCUT2D eigenvalue weighted by molar-refractivity contribution is 0.0906. The predicted octanol–water partition coefficient (Wildman–Crippen LogP) is 2.38. The van der Waals surface area contributed by atoms with Crippen LogP contribution in [0.2, 0.25) is 0 Å². The summed E-state index contributed by atoms with van der Waals surface area (Å²) in [4.78, 5) is 0. The molecule has 1 N–H and O–H groups in total. The molecule has 0 radical (unpaired) electrons. The van der Waals surface area contributed by atoms with E-state index in [2.05, 4.69) is 24.4 Å². The fourth-order valence-corrected chi connectivity index (χ4v) is 2.33. The van der Waals surface area contributed by atoms with Gasteiger partial charge in [0.1, 0.15) is 5.75 Å². The number of nitrogens with one attached hydrogen (secondary N) is 1. The molecule has 1 aliphatic rings. The van der Waals surface area contributed by atoms with Gasteiger partial charge in [0, 0.05) is 19.1 Å². The highest BCUT2D eigenvalue weighted by Gasteiger charge is 2.28. The van der Waals surface area contributed by atoms with E-state index in [1.807, 2.05) is 12.1 Å². The molecular weight excluding hydrogens is 214 g/mol. The van der Waals surface area contributed by atoms with Crippen molar-refractivity contribution < 1.29 is 9.47 Å². The van der Waals surface area contributed by atoms with Crippen molar-refractivity contribution in [3.8, 4) is 5.75 Å². The van der Waals surface area contributed by atoms with Crippen LogP contribution in [0.3, 0.4) is 0 Å². The van der Waals surface area contributed by atoms with Crippen LogP contribution in [0, 0.1) is 5.92 Å². The predicted molar refractivity (Wildman–Crippen MR) is 68.3 cm³/mol. The largest absolute Gasteiger partial charge is 0.497 e. The molecule has 0 aromatic heterocycles. The van der Waals surface area contributed by atoms with Crippen molar-refractivity contribution >= 4 is 0 Å². The summed E-state index contributed by atoms with van der Waals surface area (Å²) < 4.78 is 11.0. The standard InChI is InChI=1S/C14H21NO2/c1-3-15-10-12-8-9-17-14(12)11-4-6-13(16-2)7-5-11/h4-7,12,14-15H,3,8-10H2,1-2H3. The first-order chi connectivity index (χ1) is 8.35. The third-order valence-electron chi connectivity index (χ3n) is 3.32. The third kappa shape index (κ3) is 2.99. The second kappa shape index (κ2) is 6.03. The van der Waals surface area contributed by atoms with Crippen LogP contribution in [-0.4, -0.2) is 26.8 Å². The van der Waals surface area contributed by atoms with Gasteiger partial charge in [-0.25, -0.2) is 0 Å². The summed E-state index contributed by atoms with van der Waals surface area (Å²) in [6.45, 7) is 5.06. The second-order valence-corrected chi connectivity index (χ2v) is 4.42. The molecule has 0 bridgehead atoms. The average Bonchev–Trinajstić information content (AvgIpc) is 2.84. The summed E-state index contributed by atoms with van der Waals surface area (Å²) >= 11 is 0. The van der Waals surface area contributed by atoms with E-state index >= 15 is 0 Å². The Morgan fingerprint density at radius 1 is 1.35 bits per heavy atom. The van der Waals surface area contributed by atoms with Gasteiger partial charge in [0.25, 0.3) is 0 Å². The van der Waals surface area contributed by atoms with Crippen molar-refractivity contribution in [3.63, 3.8) is 0 Å². The molecule has 3 nitrogen and oxygen atoms in total. The Bertz CT molecular complexity index is 337. The molecule has 0 saturated carbocycles. The number of ether oxygens (including phenoxy) is 2. The van der Waals surface area contributed by atoms with Gasteiger partial charge in [-0.05, 0) is 30.7 Å². The van der Waals surface area contributed by atoms with Crippen molar-refractivity contribution in [3.05, 3.63) is 29.8 Å². The van der Waals surface area contributed by atoms with E-state index in [1.165, 1.54) is 5.56 Å². The normalized spacial score (nSPS) is 23.9. The number of hydrogen-bond acceptors (Lipinski definition) is 3. The molecule has 2 unspecified atom stereocenters. The van der Waals surface area contributed by atoms with Gasteiger partial charge in [0.15, 0.2) is 0 Å². The van der Waals surface area contributed by atoms with E-state index in [0.717, 1.165) is 31.9 Å². The number of benzene rings is 1. The molecule has 1 saturated heterocycles. The van der Waals surface area contributed by atoms with E-state index in [9.17, 15) is 0 Å². The number of rotatable bonds is 5. The molecule has 1 aromatic carbocycles. The molecule has 0 amide bonds. The van der Waals surface area contributed by atoms with Crippen LogP contribution >= 0.6 is 0 Å². The Hall–Kier alpha value is -1.06. The molecule has 1 aromatic rings. The maximum absolute atomic E-state index is 5.84. The van der Waals surface area contributed by atoms with Gasteiger partial charge in [-0.3, -0.25) is 0 Å².